The highest BCUT2D eigenvalue weighted by Gasteiger charge is 2.38. The number of carbonyl (C=O) groups excluding carboxylic acids is 1. The predicted molar refractivity (Wildman–Crippen MR) is 91.7 cm³/mol. The first-order chi connectivity index (χ1) is 10.6. The van der Waals surface area contributed by atoms with Crippen molar-refractivity contribution >= 4 is 5.91 Å². The molecule has 2 atom stereocenters. The van der Waals surface area contributed by atoms with Gasteiger partial charge in [0.25, 0.3) is 0 Å². The van der Waals surface area contributed by atoms with Crippen molar-refractivity contribution in [2.45, 2.75) is 83.2 Å². The molecule has 1 aliphatic carbocycles. The highest BCUT2D eigenvalue weighted by Crippen LogP contribution is 2.35. The summed E-state index contributed by atoms with van der Waals surface area (Å²) in [6.07, 6.45) is 11.3. The number of amides is 1. The van der Waals surface area contributed by atoms with Crippen molar-refractivity contribution in [3.63, 3.8) is 0 Å². The van der Waals surface area contributed by atoms with Crippen molar-refractivity contribution in [1.29, 1.82) is 0 Å². The Morgan fingerprint density at radius 1 is 1.14 bits per heavy atom. The van der Waals surface area contributed by atoms with E-state index >= 15 is 0 Å². The molecule has 0 radical (unpaired) electrons. The summed E-state index contributed by atoms with van der Waals surface area (Å²) in [5.74, 6) is 0.286. The van der Waals surface area contributed by atoms with Gasteiger partial charge in [-0.25, -0.2) is 0 Å². The normalized spacial score (nSPS) is 25.4. The van der Waals surface area contributed by atoms with Crippen LogP contribution in [0.15, 0.2) is 0 Å². The number of piperidine rings is 1. The van der Waals surface area contributed by atoms with Gasteiger partial charge in [-0.2, -0.15) is 0 Å². The summed E-state index contributed by atoms with van der Waals surface area (Å²) in [7, 11) is 0. The third-order valence-corrected chi connectivity index (χ3v) is 5.96. The zero-order valence-electron chi connectivity index (χ0n) is 14.6. The summed E-state index contributed by atoms with van der Waals surface area (Å²) in [6.45, 7) is 7.34. The van der Waals surface area contributed by atoms with Crippen LogP contribution in [0, 0.1) is 5.92 Å². The van der Waals surface area contributed by atoms with Crippen LogP contribution in [-0.4, -0.2) is 42.0 Å². The molecule has 2 unspecified atom stereocenters. The fourth-order valence-electron chi connectivity index (χ4n) is 4.06. The van der Waals surface area contributed by atoms with E-state index in [0.29, 0.717) is 0 Å². The van der Waals surface area contributed by atoms with Gasteiger partial charge in [0.05, 0.1) is 6.04 Å². The lowest BCUT2D eigenvalue weighted by atomic mass is 9.79. The van der Waals surface area contributed by atoms with E-state index in [1.165, 1.54) is 64.5 Å². The molecule has 2 aliphatic rings. The Labute approximate surface area is 136 Å². The second kappa shape index (κ2) is 8.30. The van der Waals surface area contributed by atoms with Crippen LogP contribution in [0.3, 0.4) is 0 Å². The molecule has 1 saturated heterocycles. The minimum atomic E-state index is -0.369. The lowest BCUT2D eigenvalue weighted by molar-refractivity contribution is -0.124. The third kappa shape index (κ3) is 4.23. The lowest BCUT2D eigenvalue weighted by Crippen LogP contribution is -2.59. The van der Waals surface area contributed by atoms with Crippen molar-refractivity contribution in [3.05, 3.63) is 0 Å². The SMILES string of the molecule is CCC(C)C(N)C(=O)NCC1(N2CCCCC2)CCCCC1. The molecule has 0 bridgehead atoms. The number of rotatable bonds is 6. The highest BCUT2D eigenvalue weighted by molar-refractivity contribution is 5.81. The van der Waals surface area contributed by atoms with E-state index in [9.17, 15) is 4.79 Å². The molecule has 22 heavy (non-hydrogen) atoms. The molecule has 1 amide bonds. The van der Waals surface area contributed by atoms with Crippen molar-refractivity contribution < 1.29 is 4.79 Å². The van der Waals surface area contributed by atoms with Crippen LogP contribution < -0.4 is 11.1 Å². The third-order valence-electron chi connectivity index (χ3n) is 5.96. The maximum atomic E-state index is 12.4. The molecule has 1 heterocycles. The Bertz CT molecular complexity index is 346. The van der Waals surface area contributed by atoms with Crippen LogP contribution in [0.4, 0.5) is 0 Å². The predicted octanol–water partition coefficient (Wildman–Crippen LogP) is 2.66. The summed E-state index contributed by atoms with van der Waals surface area (Å²) < 4.78 is 0. The minimum Gasteiger partial charge on any atom is -0.353 e. The minimum absolute atomic E-state index is 0.0382. The molecule has 0 spiro atoms. The van der Waals surface area contributed by atoms with Crippen molar-refractivity contribution in [1.82, 2.24) is 10.2 Å². The van der Waals surface area contributed by atoms with Crippen molar-refractivity contribution in [2.24, 2.45) is 11.7 Å². The average Bonchev–Trinajstić information content (AvgIpc) is 2.59. The summed E-state index contributed by atoms with van der Waals surface area (Å²) in [5.41, 5.74) is 6.28. The fourth-order valence-corrected chi connectivity index (χ4v) is 4.06. The average molecular weight is 309 g/mol. The number of carbonyl (C=O) groups is 1. The van der Waals surface area contributed by atoms with E-state index in [-0.39, 0.29) is 23.4 Å². The molecule has 0 aromatic rings. The monoisotopic (exact) mass is 309 g/mol. The number of likely N-dealkylation sites (tertiary alicyclic amines) is 1. The zero-order valence-corrected chi connectivity index (χ0v) is 14.6. The summed E-state index contributed by atoms with van der Waals surface area (Å²) in [5, 5.41) is 3.20. The maximum Gasteiger partial charge on any atom is 0.237 e. The van der Waals surface area contributed by atoms with Gasteiger partial charge in [-0.15, -0.1) is 0 Å². The van der Waals surface area contributed by atoms with Crippen LogP contribution in [0.2, 0.25) is 0 Å². The molecule has 4 heteroatoms. The molecule has 0 aromatic heterocycles. The Morgan fingerprint density at radius 2 is 1.73 bits per heavy atom. The Hall–Kier alpha value is -0.610. The van der Waals surface area contributed by atoms with E-state index in [1.54, 1.807) is 0 Å². The van der Waals surface area contributed by atoms with E-state index in [4.69, 9.17) is 5.73 Å². The Kier molecular flexibility index (Phi) is 6.69. The van der Waals surface area contributed by atoms with Gasteiger partial charge in [-0.3, -0.25) is 9.69 Å². The van der Waals surface area contributed by atoms with Crippen LogP contribution in [0.25, 0.3) is 0 Å². The molecule has 128 valence electrons. The number of nitrogens with zero attached hydrogens (tertiary/aromatic N) is 1. The van der Waals surface area contributed by atoms with E-state index in [0.717, 1.165) is 13.0 Å². The molecule has 2 fully saturated rings. The van der Waals surface area contributed by atoms with Crippen LogP contribution >= 0.6 is 0 Å². The summed E-state index contributed by atoms with van der Waals surface area (Å²) >= 11 is 0. The first-order valence-electron chi connectivity index (χ1n) is 9.37. The molecular weight excluding hydrogens is 274 g/mol. The fraction of sp³-hybridized carbons (Fsp3) is 0.944. The van der Waals surface area contributed by atoms with Crippen LogP contribution in [-0.2, 0) is 4.79 Å². The van der Waals surface area contributed by atoms with Gasteiger partial charge in [0, 0.05) is 12.1 Å². The number of hydrogen-bond acceptors (Lipinski definition) is 3. The highest BCUT2D eigenvalue weighted by atomic mass is 16.2. The van der Waals surface area contributed by atoms with Crippen molar-refractivity contribution in [2.75, 3.05) is 19.6 Å². The molecule has 2 rings (SSSR count). The van der Waals surface area contributed by atoms with Gasteiger partial charge in [0.2, 0.25) is 5.91 Å². The quantitative estimate of drug-likeness (QED) is 0.793. The molecule has 0 aromatic carbocycles. The summed E-state index contributed by atoms with van der Waals surface area (Å²) in [4.78, 5) is 15.0. The first-order valence-corrected chi connectivity index (χ1v) is 9.37. The summed E-state index contributed by atoms with van der Waals surface area (Å²) in [6, 6.07) is -0.369. The van der Waals surface area contributed by atoms with Gasteiger partial charge in [-0.05, 0) is 44.7 Å². The first kappa shape index (κ1) is 17.7. The van der Waals surface area contributed by atoms with E-state index in [2.05, 4.69) is 24.1 Å². The number of hydrogen-bond donors (Lipinski definition) is 2. The Balaban J connectivity index is 1.96. The standard InChI is InChI=1S/C18H35N3O/c1-3-15(2)16(19)17(22)20-14-18(10-6-4-7-11-18)21-12-8-5-9-13-21/h15-16H,3-14,19H2,1-2H3,(H,20,22). The van der Waals surface area contributed by atoms with Gasteiger partial charge in [-0.1, -0.05) is 46.0 Å². The topological polar surface area (TPSA) is 58.4 Å². The van der Waals surface area contributed by atoms with Crippen molar-refractivity contribution in [3.8, 4) is 0 Å². The van der Waals surface area contributed by atoms with Crippen LogP contribution in [0.1, 0.15) is 71.6 Å². The van der Waals surface area contributed by atoms with E-state index in [1.807, 2.05) is 0 Å². The number of nitrogens with one attached hydrogen (secondary N) is 1. The zero-order chi connectivity index (χ0) is 16.0. The van der Waals surface area contributed by atoms with Gasteiger partial charge < -0.3 is 11.1 Å². The van der Waals surface area contributed by atoms with Crippen LogP contribution in [0.5, 0.6) is 0 Å². The lowest BCUT2D eigenvalue weighted by Gasteiger charge is -2.48. The molecule has 1 saturated carbocycles. The molecule has 4 nitrogen and oxygen atoms in total. The smallest absolute Gasteiger partial charge is 0.237 e. The number of nitrogens with two attached hydrogens (primary N) is 1. The van der Waals surface area contributed by atoms with E-state index < -0.39 is 0 Å². The largest absolute Gasteiger partial charge is 0.353 e. The Morgan fingerprint density at radius 3 is 2.32 bits per heavy atom. The maximum absolute atomic E-state index is 12.4. The van der Waals surface area contributed by atoms with Gasteiger partial charge in [0.1, 0.15) is 0 Å². The molecule has 1 aliphatic heterocycles. The van der Waals surface area contributed by atoms with Gasteiger partial charge in [0.15, 0.2) is 0 Å². The molecule has 3 N–H and O–H groups in total. The molecular formula is C18H35N3O. The second-order valence-corrected chi connectivity index (χ2v) is 7.46. The van der Waals surface area contributed by atoms with Gasteiger partial charge >= 0.3 is 0 Å². The second-order valence-electron chi connectivity index (χ2n) is 7.46.